The summed E-state index contributed by atoms with van der Waals surface area (Å²) in [5.41, 5.74) is 0.170. The fourth-order valence-corrected chi connectivity index (χ4v) is 3.32. The Morgan fingerprint density at radius 2 is 2.14 bits per heavy atom. The Hall–Kier alpha value is -1.74. The van der Waals surface area contributed by atoms with E-state index >= 15 is 0 Å². The zero-order valence-electron chi connectivity index (χ0n) is 11.6. The molecule has 0 spiro atoms. The number of nitrogens with zero attached hydrogens (tertiary/aromatic N) is 2. The van der Waals surface area contributed by atoms with Crippen LogP contribution in [-0.4, -0.2) is 40.6 Å². The first kappa shape index (κ1) is 16.6. The molecule has 0 saturated carbocycles. The second-order valence-corrected chi connectivity index (χ2v) is 7.99. The van der Waals surface area contributed by atoms with Gasteiger partial charge in [-0.15, -0.1) is 0 Å². The number of carboxylic acid groups (broad SMARTS) is 1. The van der Waals surface area contributed by atoms with Gasteiger partial charge in [0.15, 0.2) is 15.1 Å². The van der Waals surface area contributed by atoms with E-state index in [1.54, 1.807) is 18.2 Å². The second kappa shape index (κ2) is 6.17. The van der Waals surface area contributed by atoms with Crippen molar-refractivity contribution in [1.82, 2.24) is 9.55 Å². The average molecular weight is 389 g/mol. The number of aliphatic carboxylic acids is 1. The topological polar surface area (TPSA) is 106 Å². The van der Waals surface area contributed by atoms with E-state index < -0.39 is 21.1 Å². The van der Waals surface area contributed by atoms with Crippen LogP contribution in [0.3, 0.4) is 0 Å². The molecular formula is C13H13BrN2O5S. The third-order valence-electron chi connectivity index (χ3n) is 3.21. The van der Waals surface area contributed by atoms with Crippen molar-refractivity contribution in [2.45, 2.75) is 18.2 Å². The van der Waals surface area contributed by atoms with Crippen LogP contribution < -0.4 is 5.56 Å². The van der Waals surface area contributed by atoms with Crippen LogP contribution in [0.1, 0.15) is 6.42 Å². The standard InChI is InChI=1S/C13H13BrN2O5S/c1-22(20,21)11(13(18)19)4-5-16-7-15-10-6-8(14)2-3-9(10)12(16)17/h2-3,6-7,11H,4-5H2,1H3,(H,18,19). The maximum Gasteiger partial charge on any atom is 0.321 e. The molecule has 118 valence electrons. The van der Waals surface area contributed by atoms with Gasteiger partial charge in [-0.3, -0.25) is 14.2 Å². The second-order valence-electron chi connectivity index (χ2n) is 4.85. The van der Waals surface area contributed by atoms with Crippen LogP contribution in [0, 0.1) is 0 Å². The van der Waals surface area contributed by atoms with Gasteiger partial charge in [0.1, 0.15) is 0 Å². The molecule has 1 unspecified atom stereocenters. The number of carbonyl (C=O) groups is 1. The van der Waals surface area contributed by atoms with E-state index in [9.17, 15) is 18.0 Å². The highest BCUT2D eigenvalue weighted by atomic mass is 79.9. The number of hydrogen-bond donors (Lipinski definition) is 1. The van der Waals surface area contributed by atoms with Gasteiger partial charge in [-0.2, -0.15) is 0 Å². The minimum atomic E-state index is -3.74. The minimum absolute atomic E-state index is 0.0398. The molecule has 0 bridgehead atoms. The van der Waals surface area contributed by atoms with Gasteiger partial charge in [-0.1, -0.05) is 15.9 Å². The summed E-state index contributed by atoms with van der Waals surface area (Å²) in [5.74, 6) is -1.42. The fourth-order valence-electron chi connectivity index (χ4n) is 2.07. The quantitative estimate of drug-likeness (QED) is 0.819. The Balaban J connectivity index is 2.33. The van der Waals surface area contributed by atoms with Crippen molar-refractivity contribution in [3.05, 3.63) is 39.4 Å². The number of hydrogen-bond acceptors (Lipinski definition) is 5. The summed E-state index contributed by atoms with van der Waals surface area (Å²) in [6.07, 6.45) is 1.96. The summed E-state index contributed by atoms with van der Waals surface area (Å²) in [4.78, 5) is 27.4. The molecule has 1 N–H and O–H groups in total. The van der Waals surface area contributed by atoms with Crippen LogP contribution in [0.15, 0.2) is 33.8 Å². The molecule has 7 nitrogen and oxygen atoms in total. The van der Waals surface area contributed by atoms with Crippen molar-refractivity contribution in [3.8, 4) is 0 Å². The fraction of sp³-hybridized carbons (Fsp3) is 0.308. The average Bonchev–Trinajstić information content (AvgIpc) is 2.39. The molecule has 9 heteroatoms. The molecule has 1 atom stereocenters. The van der Waals surface area contributed by atoms with Gasteiger partial charge in [0.2, 0.25) is 0 Å². The van der Waals surface area contributed by atoms with Crippen molar-refractivity contribution in [2.75, 3.05) is 6.26 Å². The van der Waals surface area contributed by atoms with Crippen LogP contribution in [0.5, 0.6) is 0 Å². The number of carboxylic acids is 1. The number of aryl methyl sites for hydroxylation is 1. The SMILES string of the molecule is CS(=O)(=O)C(CCn1cnc2cc(Br)ccc2c1=O)C(=O)O. The molecule has 2 rings (SSSR count). The lowest BCUT2D eigenvalue weighted by Gasteiger charge is -2.11. The maximum absolute atomic E-state index is 12.3. The van der Waals surface area contributed by atoms with Gasteiger partial charge < -0.3 is 5.11 Å². The normalized spacial score (nSPS) is 13.2. The zero-order valence-corrected chi connectivity index (χ0v) is 14.0. The van der Waals surface area contributed by atoms with Crippen molar-refractivity contribution in [1.29, 1.82) is 0 Å². The van der Waals surface area contributed by atoms with Gasteiger partial charge in [-0.05, 0) is 24.6 Å². The number of aromatic nitrogens is 2. The largest absolute Gasteiger partial charge is 0.480 e. The van der Waals surface area contributed by atoms with Crippen LogP contribution in [0.25, 0.3) is 10.9 Å². The summed E-state index contributed by atoms with van der Waals surface area (Å²) >= 11 is 3.28. The van der Waals surface area contributed by atoms with Crippen LogP contribution >= 0.6 is 15.9 Å². The molecule has 0 aliphatic carbocycles. The summed E-state index contributed by atoms with van der Waals surface area (Å²) in [5, 5.41) is 7.82. The summed E-state index contributed by atoms with van der Waals surface area (Å²) in [7, 11) is -3.74. The predicted octanol–water partition coefficient (Wildman–Crippen LogP) is 1.05. The highest BCUT2D eigenvalue weighted by Crippen LogP contribution is 2.15. The molecule has 2 aromatic rings. The number of sulfone groups is 1. The van der Waals surface area contributed by atoms with Crippen molar-refractivity contribution < 1.29 is 18.3 Å². The minimum Gasteiger partial charge on any atom is -0.480 e. The molecule has 1 heterocycles. The lowest BCUT2D eigenvalue weighted by Crippen LogP contribution is -2.32. The van der Waals surface area contributed by atoms with Crippen molar-refractivity contribution >= 4 is 42.6 Å². The van der Waals surface area contributed by atoms with Crippen LogP contribution in [-0.2, 0) is 21.2 Å². The van der Waals surface area contributed by atoms with Gasteiger partial charge in [0.25, 0.3) is 5.56 Å². The van der Waals surface area contributed by atoms with Crippen molar-refractivity contribution in [3.63, 3.8) is 0 Å². The molecule has 1 aromatic carbocycles. The number of fused-ring (bicyclic) bond motifs is 1. The highest BCUT2D eigenvalue weighted by Gasteiger charge is 2.28. The maximum atomic E-state index is 12.3. The summed E-state index contributed by atoms with van der Waals surface area (Å²) in [6, 6.07) is 5.00. The number of halogens is 1. The van der Waals surface area contributed by atoms with E-state index in [0.29, 0.717) is 10.9 Å². The first-order valence-corrected chi connectivity index (χ1v) is 9.01. The monoisotopic (exact) mass is 388 g/mol. The number of rotatable bonds is 5. The van der Waals surface area contributed by atoms with Crippen molar-refractivity contribution in [2.24, 2.45) is 0 Å². The smallest absolute Gasteiger partial charge is 0.321 e. The Morgan fingerprint density at radius 1 is 1.45 bits per heavy atom. The van der Waals surface area contributed by atoms with Crippen LogP contribution in [0.4, 0.5) is 0 Å². The lowest BCUT2D eigenvalue weighted by atomic mass is 10.2. The van der Waals surface area contributed by atoms with E-state index in [-0.39, 0.29) is 18.5 Å². The molecule has 0 amide bonds. The summed E-state index contributed by atoms with van der Waals surface area (Å²) in [6.45, 7) is -0.0398. The Kier molecular flexibility index (Phi) is 4.66. The molecular weight excluding hydrogens is 376 g/mol. The van der Waals surface area contributed by atoms with E-state index in [4.69, 9.17) is 5.11 Å². The molecule has 0 saturated heterocycles. The van der Waals surface area contributed by atoms with E-state index in [1.165, 1.54) is 10.9 Å². The van der Waals surface area contributed by atoms with Gasteiger partial charge in [-0.25, -0.2) is 13.4 Å². The Labute approximate surface area is 134 Å². The molecule has 22 heavy (non-hydrogen) atoms. The van der Waals surface area contributed by atoms with Gasteiger partial charge in [0.05, 0.1) is 17.2 Å². The van der Waals surface area contributed by atoms with E-state index in [2.05, 4.69) is 20.9 Å². The Morgan fingerprint density at radius 3 is 2.73 bits per heavy atom. The Bertz CT molecular complexity index is 891. The first-order chi connectivity index (χ1) is 10.2. The lowest BCUT2D eigenvalue weighted by molar-refractivity contribution is -0.136. The van der Waals surface area contributed by atoms with E-state index in [0.717, 1.165) is 10.7 Å². The third kappa shape index (κ3) is 3.53. The molecule has 0 aliphatic rings. The third-order valence-corrected chi connectivity index (χ3v) is 5.18. The van der Waals surface area contributed by atoms with E-state index in [1.807, 2.05) is 0 Å². The number of benzene rings is 1. The summed E-state index contributed by atoms with van der Waals surface area (Å²) < 4.78 is 24.9. The molecule has 0 radical (unpaired) electrons. The van der Waals surface area contributed by atoms with Crippen LogP contribution in [0.2, 0.25) is 0 Å². The zero-order chi connectivity index (χ0) is 16.5. The highest BCUT2D eigenvalue weighted by molar-refractivity contribution is 9.10. The van der Waals surface area contributed by atoms with Gasteiger partial charge >= 0.3 is 5.97 Å². The van der Waals surface area contributed by atoms with Gasteiger partial charge in [0, 0.05) is 17.3 Å². The first-order valence-electron chi connectivity index (χ1n) is 6.26. The predicted molar refractivity (Wildman–Crippen MR) is 84.6 cm³/mol. The molecule has 1 aromatic heterocycles. The molecule has 0 aliphatic heterocycles. The molecule has 0 fully saturated rings.